The second-order valence-corrected chi connectivity index (χ2v) is 8.76. The molecule has 0 saturated heterocycles. The van der Waals surface area contributed by atoms with Gasteiger partial charge in [-0.2, -0.15) is 0 Å². The van der Waals surface area contributed by atoms with Crippen LogP contribution in [0.2, 0.25) is 0 Å². The van der Waals surface area contributed by atoms with Crippen molar-refractivity contribution in [2.75, 3.05) is 0 Å². The lowest BCUT2D eigenvalue weighted by molar-refractivity contribution is 0.171. The maximum Gasteiger partial charge on any atom is 0.242 e. The van der Waals surface area contributed by atoms with Crippen LogP contribution >= 0.6 is 0 Å². The number of sulfonamides is 1. The van der Waals surface area contributed by atoms with Gasteiger partial charge in [-0.15, -0.1) is 0 Å². The smallest absolute Gasteiger partial charge is 0.242 e. The molecule has 142 valence electrons. The van der Waals surface area contributed by atoms with E-state index in [1.807, 2.05) is 0 Å². The average Bonchev–Trinajstić information content (AvgIpc) is 3.16. The molecule has 1 aliphatic rings. The molecule has 3 aromatic rings. The molecular formula is C19H21N3O4S. The minimum Gasteiger partial charge on any atom is -0.393 e. The van der Waals surface area contributed by atoms with Crippen molar-refractivity contribution in [2.24, 2.45) is 0 Å². The molecule has 8 heteroatoms. The fourth-order valence-electron chi connectivity index (χ4n) is 4.18. The van der Waals surface area contributed by atoms with E-state index in [-0.39, 0.29) is 11.3 Å². The lowest BCUT2D eigenvalue weighted by Crippen LogP contribution is -2.45. The van der Waals surface area contributed by atoms with Crippen LogP contribution in [0.25, 0.3) is 10.9 Å². The summed E-state index contributed by atoms with van der Waals surface area (Å²) in [6.07, 6.45) is 2.29. The zero-order valence-electron chi connectivity index (χ0n) is 15.1. The summed E-state index contributed by atoms with van der Waals surface area (Å²) in [6.45, 7) is 3.55. The summed E-state index contributed by atoms with van der Waals surface area (Å²) in [4.78, 5) is 4.40. The van der Waals surface area contributed by atoms with Gasteiger partial charge in [0.1, 0.15) is 5.76 Å². The number of hydrogen-bond donors (Lipinski definition) is 2. The molecule has 0 spiro atoms. The van der Waals surface area contributed by atoms with Gasteiger partial charge in [0.2, 0.25) is 10.0 Å². The van der Waals surface area contributed by atoms with Crippen molar-refractivity contribution in [1.82, 2.24) is 14.9 Å². The van der Waals surface area contributed by atoms with E-state index >= 15 is 0 Å². The van der Waals surface area contributed by atoms with Crippen molar-refractivity contribution in [3.63, 3.8) is 0 Å². The van der Waals surface area contributed by atoms with Crippen LogP contribution in [-0.4, -0.2) is 29.8 Å². The Balaban J connectivity index is 1.84. The number of fused-ring (bicyclic) bond motifs is 1. The van der Waals surface area contributed by atoms with Gasteiger partial charge in [-0.25, -0.2) is 13.1 Å². The first-order valence-corrected chi connectivity index (χ1v) is 10.3. The van der Waals surface area contributed by atoms with Gasteiger partial charge < -0.3 is 9.63 Å². The summed E-state index contributed by atoms with van der Waals surface area (Å²) in [5, 5.41) is 14.7. The highest BCUT2D eigenvalue weighted by Crippen LogP contribution is 2.43. The number of nitrogens with zero attached hydrogens (tertiary/aromatic N) is 2. The average molecular weight is 387 g/mol. The van der Waals surface area contributed by atoms with Gasteiger partial charge in [0.25, 0.3) is 0 Å². The maximum atomic E-state index is 13.4. The van der Waals surface area contributed by atoms with Crippen molar-refractivity contribution >= 4 is 20.9 Å². The Bertz CT molecular complexity index is 1080. The number of hydrogen-bond acceptors (Lipinski definition) is 6. The number of rotatable bonds is 4. The summed E-state index contributed by atoms with van der Waals surface area (Å²) in [5.41, 5.74) is 1.000. The molecule has 1 aromatic carbocycles. The number of aromatic nitrogens is 2. The van der Waals surface area contributed by atoms with E-state index in [1.165, 1.54) is 0 Å². The van der Waals surface area contributed by atoms with Crippen molar-refractivity contribution < 1.29 is 18.0 Å². The number of benzene rings is 1. The van der Waals surface area contributed by atoms with E-state index in [2.05, 4.69) is 14.9 Å². The van der Waals surface area contributed by atoms with E-state index in [0.29, 0.717) is 40.8 Å². The van der Waals surface area contributed by atoms with Crippen molar-refractivity contribution in [1.29, 1.82) is 0 Å². The summed E-state index contributed by atoms with van der Waals surface area (Å²) in [7, 11) is -3.88. The molecule has 27 heavy (non-hydrogen) atoms. The highest BCUT2D eigenvalue weighted by Gasteiger charge is 2.46. The van der Waals surface area contributed by atoms with Crippen LogP contribution in [-0.2, 0) is 15.6 Å². The van der Waals surface area contributed by atoms with Crippen LogP contribution in [0.3, 0.4) is 0 Å². The number of pyridine rings is 1. The second-order valence-electron chi connectivity index (χ2n) is 7.11. The highest BCUT2D eigenvalue weighted by molar-refractivity contribution is 7.89. The standard InChI is InChI=1S/C19H21N3O4S/c1-12-18(13(2)26-21-12)19(9-8-14(23)11-19)22-27(24,25)17-7-3-6-16-15(17)5-4-10-20-16/h3-7,10,14,22-23H,8-9,11H2,1-2H3/t14-,19+/m1/s1. The molecule has 7 nitrogen and oxygen atoms in total. The molecule has 2 atom stereocenters. The molecule has 1 saturated carbocycles. The molecule has 4 rings (SSSR count). The lowest BCUT2D eigenvalue weighted by Gasteiger charge is -2.30. The van der Waals surface area contributed by atoms with Crippen LogP contribution in [0.5, 0.6) is 0 Å². The van der Waals surface area contributed by atoms with Crippen LogP contribution in [0.1, 0.15) is 36.3 Å². The SMILES string of the molecule is Cc1noc(C)c1[C@]1(NS(=O)(=O)c2cccc3ncccc23)CC[C@@H](O)C1. The van der Waals surface area contributed by atoms with E-state index in [1.54, 1.807) is 50.4 Å². The van der Waals surface area contributed by atoms with Crippen molar-refractivity contribution in [3.05, 3.63) is 53.5 Å². The Morgan fingerprint density at radius 2 is 2.07 bits per heavy atom. The largest absolute Gasteiger partial charge is 0.393 e. The fraction of sp³-hybridized carbons (Fsp3) is 0.368. The van der Waals surface area contributed by atoms with Gasteiger partial charge in [-0.3, -0.25) is 4.98 Å². The second kappa shape index (κ2) is 6.40. The van der Waals surface area contributed by atoms with E-state index < -0.39 is 21.7 Å². The molecule has 0 bridgehead atoms. The quantitative estimate of drug-likeness (QED) is 0.713. The van der Waals surface area contributed by atoms with E-state index in [4.69, 9.17) is 4.52 Å². The molecule has 1 aliphatic carbocycles. The Labute approximate surface area is 157 Å². The van der Waals surface area contributed by atoms with E-state index in [9.17, 15) is 13.5 Å². The van der Waals surface area contributed by atoms with Crippen LogP contribution in [0.15, 0.2) is 45.9 Å². The molecule has 0 amide bonds. The topological polar surface area (TPSA) is 105 Å². The first kappa shape index (κ1) is 18.1. The molecule has 1 fully saturated rings. The molecule has 2 N–H and O–H groups in total. The predicted molar refractivity (Wildman–Crippen MR) is 99.6 cm³/mol. The minimum atomic E-state index is -3.88. The zero-order chi connectivity index (χ0) is 19.2. The molecule has 2 heterocycles. The summed E-state index contributed by atoms with van der Waals surface area (Å²) < 4.78 is 34.9. The van der Waals surface area contributed by atoms with Crippen LogP contribution in [0, 0.1) is 13.8 Å². The van der Waals surface area contributed by atoms with Gasteiger partial charge in [0.05, 0.1) is 27.7 Å². The first-order chi connectivity index (χ1) is 12.8. The van der Waals surface area contributed by atoms with E-state index in [0.717, 1.165) is 0 Å². The lowest BCUT2D eigenvalue weighted by atomic mass is 9.88. The van der Waals surface area contributed by atoms with Crippen LogP contribution in [0.4, 0.5) is 0 Å². The maximum absolute atomic E-state index is 13.4. The van der Waals surface area contributed by atoms with Gasteiger partial charge in [-0.1, -0.05) is 11.2 Å². The third-order valence-electron chi connectivity index (χ3n) is 5.23. The Morgan fingerprint density at radius 1 is 1.26 bits per heavy atom. The van der Waals surface area contributed by atoms with Crippen LogP contribution < -0.4 is 4.72 Å². The summed E-state index contributed by atoms with van der Waals surface area (Å²) in [6, 6.07) is 8.47. The third kappa shape index (κ3) is 3.03. The van der Waals surface area contributed by atoms with Crippen molar-refractivity contribution in [2.45, 2.75) is 49.6 Å². The Kier molecular flexibility index (Phi) is 4.29. The predicted octanol–water partition coefficient (Wildman–Crippen LogP) is 2.56. The Morgan fingerprint density at radius 3 is 2.74 bits per heavy atom. The summed E-state index contributed by atoms with van der Waals surface area (Å²) in [5.74, 6) is 0.559. The number of aliphatic hydroxyl groups excluding tert-OH is 1. The molecule has 0 unspecified atom stereocenters. The first-order valence-electron chi connectivity index (χ1n) is 8.81. The zero-order valence-corrected chi connectivity index (χ0v) is 16.0. The van der Waals surface area contributed by atoms with Gasteiger partial charge in [0.15, 0.2) is 0 Å². The third-order valence-corrected chi connectivity index (χ3v) is 6.82. The highest BCUT2D eigenvalue weighted by atomic mass is 32.2. The fourth-order valence-corrected chi connectivity index (χ4v) is 5.81. The molecular weight excluding hydrogens is 366 g/mol. The monoisotopic (exact) mass is 387 g/mol. The molecule has 2 aromatic heterocycles. The number of aliphatic hydroxyl groups is 1. The molecule has 0 radical (unpaired) electrons. The number of aryl methyl sites for hydroxylation is 2. The van der Waals surface area contributed by atoms with Gasteiger partial charge >= 0.3 is 0 Å². The van der Waals surface area contributed by atoms with Crippen molar-refractivity contribution in [3.8, 4) is 0 Å². The number of nitrogens with one attached hydrogen (secondary N) is 1. The molecule has 0 aliphatic heterocycles. The van der Waals surface area contributed by atoms with Gasteiger partial charge in [-0.05, 0) is 57.4 Å². The normalized spacial score (nSPS) is 23.1. The van der Waals surface area contributed by atoms with Gasteiger partial charge in [0, 0.05) is 17.1 Å². The minimum absolute atomic E-state index is 0.167. The Hall–Kier alpha value is -2.29. The summed E-state index contributed by atoms with van der Waals surface area (Å²) >= 11 is 0.